The minimum Gasteiger partial charge on any atom is -0.381 e. The molecule has 1 aromatic carbocycles. The molecule has 0 radical (unpaired) electrons. The molecule has 1 saturated heterocycles. The topological polar surface area (TPSA) is 75.3 Å². The molecule has 0 aliphatic carbocycles. The van der Waals surface area contributed by atoms with Gasteiger partial charge in [-0.1, -0.05) is 6.07 Å². The molecule has 1 aliphatic heterocycles. The smallest absolute Gasteiger partial charge is 0.251 e. The third kappa shape index (κ3) is 3.96. The summed E-state index contributed by atoms with van der Waals surface area (Å²) in [5.41, 5.74) is 1.35. The lowest BCUT2D eigenvalue weighted by Gasteiger charge is -2.14. The molecule has 1 atom stereocenters. The summed E-state index contributed by atoms with van der Waals surface area (Å²) in [4.78, 5) is 11.9. The van der Waals surface area contributed by atoms with Crippen LogP contribution in [0.4, 0.5) is 5.69 Å². The van der Waals surface area contributed by atoms with E-state index in [1.807, 2.05) is 19.9 Å². The van der Waals surface area contributed by atoms with Gasteiger partial charge in [0.1, 0.15) is 0 Å². The summed E-state index contributed by atoms with van der Waals surface area (Å²) in [5.74, 6) is 0.274. The maximum atomic E-state index is 11.9. The molecule has 110 valence electrons. The molecule has 0 bridgehead atoms. The van der Waals surface area contributed by atoms with E-state index in [0.29, 0.717) is 12.0 Å². The molecular weight excluding hydrogens is 276 g/mol. The quantitative estimate of drug-likeness (QED) is 0.881. The summed E-state index contributed by atoms with van der Waals surface area (Å²) in [6.45, 7) is 3.81. The number of carbonyl (C=O) groups is 1. The molecule has 2 N–H and O–H groups in total. The highest BCUT2D eigenvalue weighted by Gasteiger charge is 2.27. The van der Waals surface area contributed by atoms with Crippen LogP contribution in [0.2, 0.25) is 0 Å². The van der Waals surface area contributed by atoms with Crippen molar-refractivity contribution in [3.8, 4) is 0 Å². The van der Waals surface area contributed by atoms with E-state index in [9.17, 15) is 13.2 Å². The van der Waals surface area contributed by atoms with Crippen molar-refractivity contribution in [1.29, 1.82) is 0 Å². The normalized spacial score (nSPS) is 20.9. The highest BCUT2D eigenvalue weighted by atomic mass is 32.2. The SMILES string of the molecule is CC(C)NC(=O)c1cccc(NC2CCS(=O)(=O)C2)c1. The predicted octanol–water partition coefficient (Wildman–Crippen LogP) is 1.42. The van der Waals surface area contributed by atoms with Crippen LogP contribution in [-0.2, 0) is 9.84 Å². The summed E-state index contributed by atoms with van der Waals surface area (Å²) in [5, 5.41) is 6.02. The standard InChI is InChI=1S/C14H20N2O3S/c1-10(2)15-14(17)11-4-3-5-12(8-11)16-13-6-7-20(18,19)9-13/h3-5,8,10,13,16H,6-7,9H2,1-2H3,(H,15,17). The molecule has 1 unspecified atom stereocenters. The molecule has 1 aromatic rings. The Morgan fingerprint density at radius 3 is 2.70 bits per heavy atom. The van der Waals surface area contributed by atoms with Crippen LogP contribution < -0.4 is 10.6 Å². The lowest BCUT2D eigenvalue weighted by Crippen LogP contribution is -2.30. The van der Waals surface area contributed by atoms with Gasteiger partial charge in [0.25, 0.3) is 5.91 Å². The molecule has 5 nitrogen and oxygen atoms in total. The fraction of sp³-hybridized carbons (Fsp3) is 0.500. The van der Waals surface area contributed by atoms with Gasteiger partial charge in [-0.25, -0.2) is 8.42 Å². The third-order valence-corrected chi connectivity index (χ3v) is 4.92. The first kappa shape index (κ1) is 14.8. The molecule has 20 heavy (non-hydrogen) atoms. The molecule has 2 rings (SSSR count). The van der Waals surface area contributed by atoms with Crippen LogP contribution in [0.1, 0.15) is 30.6 Å². The van der Waals surface area contributed by atoms with E-state index in [0.717, 1.165) is 5.69 Å². The Bertz CT molecular complexity index is 596. The molecular formula is C14H20N2O3S. The largest absolute Gasteiger partial charge is 0.381 e. The lowest BCUT2D eigenvalue weighted by molar-refractivity contribution is 0.0943. The molecule has 1 fully saturated rings. The fourth-order valence-electron chi connectivity index (χ4n) is 2.24. The Balaban J connectivity index is 2.05. The lowest BCUT2D eigenvalue weighted by atomic mass is 10.1. The maximum absolute atomic E-state index is 11.9. The monoisotopic (exact) mass is 296 g/mol. The van der Waals surface area contributed by atoms with Crippen molar-refractivity contribution >= 4 is 21.4 Å². The number of sulfone groups is 1. The predicted molar refractivity (Wildman–Crippen MR) is 79.7 cm³/mol. The van der Waals surface area contributed by atoms with E-state index in [-0.39, 0.29) is 29.5 Å². The molecule has 1 amide bonds. The van der Waals surface area contributed by atoms with Crippen molar-refractivity contribution in [3.05, 3.63) is 29.8 Å². The molecule has 6 heteroatoms. The van der Waals surface area contributed by atoms with Crippen molar-refractivity contribution in [2.75, 3.05) is 16.8 Å². The Kier molecular flexibility index (Phi) is 4.32. The van der Waals surface area contributed by atoms with Crippen LogP contribution in [0.3, 0.4) is 0 Å². The minimum absolute atomic E-state index is 0.0663. The average Bonchev–Trinajstić information content (AvgIpc) is 2.68. The van der Waals surface area contributed by atoms with Crippen molar-refractivity contribution in [2.45, 2.75) is 32.4 Å². The fourth-order valence-corrected chi connectivity index (χ4v) is 3.91. The second-order valence-corrected chi connectivity index (χ2v) is 7.68. The second-order valence-electron chi connectivity index (χ2n) is 5.45. The summed E-state index contributed by atoms with van der Waals surface area (Å²) >= 11 is 0. The summed E-state index contributed by atoms with van der Waals surface area (Å²) in [7, 11) is -2.90. The van der Waals surface area contributed by atoms with Gasteiger partial charge < -0.3 is 10.6 Å². The third-order valence-electron chi connectivity index (χ3n) is 3.15. The van der Waals surface area contributed by atoms with Crippen molar-refractivity contribution in [1.82, 2.24) is 5.32 Å². The highest BCUT2D eigenvalue weighted by molar-refractivity contribution is 7.91. The number of rotatable bonds is 4. The number of carbonyl (C=O) groups excluding carboxylic acids is 1. The summed E-state index contributed by atoms with van der Waals surface area (Å²) < 4.78 is 22.8. The zero-order valence-electron chi connectivity index (χ0n) is 11.7. The van der Waals surface area contributed by atoms with Gasteiger partial charge in [0.05, 0.1) is 11.5 Å². The average molecular weight is 296 g/mol. The number of amides is 1. The van der Waals surface area contributed by atoms with Gasteiger partial charge in [-0.05, 0) is 38.5 Å². The van der Waals surface area contributed by atoms with E-state index in [4.69, 9.17) is 0 Å². The van der Waals surface area contributed by atoms with Crippen molar-refractivity contribution in [3.63, 3.8) is 0 Å². The molecule has 0 spiro atoms. The first-order chi connectivity index (χ1) is 9.35. The summed E-state index contributed by atoms with van der Waals surface area (Å²) in [6.07, 6.45) is 0.616. The van der Waals surface area contributed by atoms with E-state index in [2.05, 4.69) is 10.6 Å². The first-order valence-electron chi connectivity index (χ1n) is 6.73. The van der Waals surface area contributed by atoms with Crippen LogP contribution >= 0.6 is 0 Å². The van der Waals surface area contributed by atoms with E-state index in [1.165, 1.54) is 0 Å². The molecule has 1 heterocycles. The molecule has 1 aliphatic rings. The zero-order chi connectivity index (χ0) is 14.8. The first-order valence-corrected chi connectivity index (χ1v) is 8.56. The molecule has 0 saturated carbocycles. The van der Waals surface area contributed by atoms with E-state index < -0.39 is 9.84 Å². The van der Waals surface area contributed by atoms with Crippen LogP contribution in [0.5, 0.6) is 0 Å². The van der Waals surface area contributed by atoms with E-state index in [1.54, 1.807) is 18.2 Å². The van der Waals surface area contributed by atoms with Crippen molar-refractivity contribution < 1.29 is 13.2 Å². The van der Waals surface area contributed by atoms with Gasteiger partial charge in [-0.2, -0.15) is 0 Å². The van der Waals surface area contributed by atoms with Gasteiger partial charge in [0.15, 0.2) is 9.84 Å². The van der Waals surface area contributed by atoms with Crippen LogP contribution in [-0.4, -0.2) is 37.9 Å². The minimum atomic E-state index is -2.90. The van der Waals surface area contributed by atoms with Gasteiger partial charge in [0, 0.05) is 23.3 Å². The zero-order valence-corrected chi connectivity index (χ0v) is 12.5. The highest BCUT2D eigenvalue weighted by Crippen LogP contribution is 2.18. The van der Waals surface area contributed by atoms with Gasteiger partial charge in [-0.3, -0.25) is 4.79 Å². The Hall–Kier alpha value is -1.56. The van der Waals surface area contributed by atoms with Crippen LogP contribution in [0.25, 0.3) is 0 Å². The second kappa shape index (κ2) is 5.83. The number of nitrogens with one attached hydrogen (secondary N) is 2. The van der Waals surface area contributed by atoms with Gasteiger partial charge >= 0.3 is 0 Å². The number of hydrogen-bond donors (Lipinski definition) is 2. The maximum Gasteiger partial charge on any atom is 0.251 e. The number of hydrogen-bond acceptors (Lipinski definition) is 4. The Morgan fingerprint density at radius 2 is 2.10 bits per heavy atom. The number of anilines is 1. The Labute approximate surface area is 119 Å². The van der Waals surface area contributed by atoms with Gasteiger partial charge in [0.2, 0.25) is 0 Å². The summed E-state index contributed by atoms with van der Waals surface area (Å²) in [6, 6.07) is 7.15. The van der Waals surface area contributed by atoms with Crippen LogP contribution in [0, 0.1) is 0 Å². The van der Waals surface area contributed by atoms with E-state index >= 15 is 0 Å². The van der Waals surface area contributed by atoms with Gasteiger partial charge in [-0.15, -0.1) is 0 Å². The number of benzene rings is 1. The Morgan fingerprint density at radius 1 is 1.35 bits per heavy atom. The van der Waals surface area contributed by atoms with Crippen LogP contribution in [0.15, 0.2) is 24.3 Å². The molecule has 0 aromatic heterocycles. The van der Waals surface area contributed by atoms with Crippen molar-refractivity contribution in [2.24, 2.45) is 0 Å².